The molecule has 122 valence electrons. The van der Waals surface area contributed by atoms with E-state index in [1.54, 1.807) is 6.07 Å². The number of carbonyl (C=O) groups excluding carboxylic acids is 1. The minimum Gasteiger partial charge on any atom is -0.350 e. The predicted molar refractivity (Wildman–Crippen MR) is 90.0 cm³/mol. The van der Waals surface area contributed by atoms with Gasteiger partial charge in [-0.15, -0.1) is 0 Å². The summed E-state index contributed by atoms with van der Waals surface area (Å²) in [4.78, 5) is 23.8. The number of H-pyrrole nitrogens is 1. The number of hydrogen-bond acceptors (Lipinski definition) is 3. The zero-order chi connectivity index (χ0) is 16.1. The summed E-state index contributed by atoms with van der Waals surface area (Å²) >= 11 is 0. The Morgan fingerprint density at radius 3 is 2.70 bits per heavy atom. The summed E-state index contributed by atoms with van der Waals surface area (Å²) < 4.78 is 0. The smallest absolute Gasteiger partial charge is 0.272 e. The summed E-state index contributed by atoms with van der Waals surface area (Å²) in [7, 11) is 0. The van der Waals surface area contributed by atoms with E-state index < -0.39 is 0 Å². The van der Waals surface area contributed by atoms with Gasteiger partial charge in [-0.1, -0.05) is 50.3 Å². The van der Waals surface area contributed by atoms with E-state index in [0.29, 0.717) is 30.0 Å². The second-order valence-corrected chi connectivity index (χ2v) is 6.36. The second kappa shape index (κ2) is 7.40. The van der Waals surface area contributed by atoms with Crippen LogP contribution in [0.25, 0.3) is 10.8 Å². The van der Waals surface area contributed by atoms with Gasteiger partial charge in [0.15, 0.2) is 0 Å². The van der Waals surface area contributed by atoms with Crippen molar-refractivity contribution in [1.29, 1.82) is 0 Å². The first-order chi connectivity index (χ1) is 11.2. The first-order valence-corrected chi connectivity index (χ1v) is 8.47. The third-order valence-corrected chi connectivity index (χ3v) is 4.73. The van der Waals surface area contributed by atoms with Crippen LogP contribution in [0.2, 0.25) is 0 Å². The lowest BCUT2D eigenvalue weighted by Crippen LogP contribution is -2.25. The number of hydrogen-bond donors (Lipinski definition) is 2. The minimum absolute atomic E-state index is 0.0626. The molecular formula is C18H23N3O2. The van der Waals surface area contributed by atoms with Crippen molar-refractivity contribution >= 4 is 16.7 Å². The van der Waals surface area contributed by atoms with Gasteiger partial charge in [0.2, 0.25) is 5.91 Å². The van der Waals surface area contributed by atoms with Gasteiger partial charge in [0.25, 0.3) is 5.56 Å². The molecule has 1 fully saturated rings. The molecule has 5 nitrogen and oxygen atoms in total. The molecule has 3 rings (SSSR count). The lowest BCUT2D eigenvalue weighted by Gasteiger charge is -2.20. The topological polar surface area (TPSA) is 74.8 Å². The third kappa shape index (κ3) is 3.97. The Morgan fingerprint density at radius 1 is 1.17 bits per heavy atom. The maximum Gasteiger partial charge on any atom is 0.272 e. The van der Waals surface area contributed by atoms with Crippen LogP contribution in [0, 0.1) is 5.92 Å². The number of carbonyl (C=O) groups is 1. The standard InChI is InChI=1S/C18H23N3O2/c22-17(11-10-13-6-2-1-3-7-13)19-12-16-14-8-4-5-9-15(14)18(23)21-20-16/h4-5,8-9,13H,1-3,6-7,10-12H2,(H,19,22)(H,21,23). The maximum absolute atomic E-state index is 12.1. The van der Waals surface area contributed by atoms with Crippen molar-refractivity contribution in [1.82, 2.24) is 15.5 Å². The Hall–Kier alpha value is -2.17. The zero-order valence-electron chi connectivity index (χ0n) is 13.3. The third-order valence-electron chi connectivity index (χ3n) is 4.73. The van der Waals surface area contributed by atoms with Gasteiger partial charge in [-0.2, -0.15) is 5.10 Å². The van der Waals surface area contributed by atoms with Crippen LogP contribution in [0.4, 0.5) is 0 Å². The Balaban J connectivity index is 1.57. The number of nitrogens with zero attached hydrogens (tertiary/aromatic N) is 1. The van der Waals surface area contributed by atoms with E-state index in [9.17, 15) is 9.59 Å². The molecule has 2 aromatic rings. The number of rotatable bonds is 5. The van der Waals surface area contributed by atoms with Crippen LogP contribution in [-0.2, 0) is 11.3 Å². The van der Waals surface area contributed by atoms with Crippen LogP contribution in [0.1, 0.15) is 50.6 Å². The summed E-state index contributed by atoms with van der Waals surface area (Å²) in [6.45, 7) is 0.348. The average molecular weight is 313 g/mol. The number of aromatic nitrogens is 2. The number of fused-ring (bicyclic) bond motifs is 1. The predicted octanol–water partition coefficient (Wildman–Crippen LogP) is 2.90. The van der Waals surface area contributed by atoms with Crippen molar-refractivity contribution in [2.45, 2.75) is 51.5 Å². The molecule has 1 aliphatic rings. The van der Waals surface area contributed by atoms with Gasteiger partial charge in [-0.25, -0.2) is 5.10 Å². The van der Waals surface area contributed by atoms with Crippen LogP contribution >= 0.6 is 0 Å². The van der Waals surface area contributed by atoms with Crippen LogP contribution < -0.4 is 10.9 Å². The molecule has 1 aromatic carbocycles. The van der Waals surface area contributed by atoms with Gasteiger partial charge < -0.3 is 5.32 Å². The minimum atomic E-state index is -0.201. The van der Waals surface area contributed by atoms with Gasteiger partial charge in [-0.05, 0) is 18.4 Å². The first-order valence-electron chi connectivity index (χ1n) is 8.47. The second-order valence-electron chi connectivity index (χ2n) is 6.36. The number of amides is 1. The molecule has 1 amide bonds. The van der Waals surface area contributed by atoms with E-state index in [-0.39, 0.29) is 11.5 Å². The largest absolute Gasteiger partial charge is 0.350 e. The van der Waals surface area contributed by atoms with Gasteiger partial charge in [0, 0.05) is 11.8 Å². The molecule has 0 spiro atoms. The van der Waals surface area contributed by atoms with Gasteiger partial charge >= 0.3 is 0 Å². The molecule has 0 unspecified atom stereocenters. The van der Waals surface area contributed by atoms with Crippen molar-refractivity contribution in [2.75, 3.05) is 0 Å². The molecule has 1 aliphatic carbocycles. The molecular weight excluding hydrogens is 290 g/mol. The fraction of sp³-hybridized carbons (Fsp3) is 0.500. The van der Waals surface area contributed by atoms with Crippen LogP contribution in [0.15, 0.2) is 29.1 Å². The number of benzene rings is 1. The van der Waals surface area contributed by atoms with Crippen LogP contribution in [0.5, 0.6) is 0 Å². The summed E-state index contributed by atoms with van der Waals surface area (Å²) in [5, 5.41) is 10.9. The molecule has 0 radical (unpaired) electrons. The highest BCUT2D eigenvalue weighted by Crippen LogP contribution is 2.27. The molecule has 1 heterocycles. The number of nitrogens with one attached hydrogen (secondary N) is 2. The number of aromatic amines is 1. The first kappa shape index (κ1) is 15.7. The molecule has 1 aromatic heterocycles. The van der Waals surface area contributed by atoms with E-state index in [1.165, 1.54) is 32.1 Å². The molecule has 5 heteroatoms. The van der Waals surface area contributed by atoms with E-state index in [2.05, 4.69) is 15.5 Å². The normalized spacial score (nSPS) is 15.7. The van der Waals surface area contributed by atoms with E-state index >= 15 is 0 Å². The molecule has 0 bridgehead atoms. The van der Waals surface area contributed by atoms with E-state index in [0.717, 1.165) is 11.8 Å². The summed E-state index contributed by atoms with van der Waals surface area (Å²) in [5.74, 6) is 0.772. The highest BCUT2D eigenvalue weighted by Gasteiger charge is 2.15. The van der Waals surface area contributed by atoms with Gasteiger partial charge in [0.1, 0.15) is 0 Å². The summed E-state index contributed by atoms with van der Waals surface area (Å²) in [5.41, 5.74) is 0.499. The van der Waals surface area contributed by atoms with Gasteiger partial charge in [-0.3, -0.25) is 9.59 Å². The monoisotopic (exact) mass is 313 g/mol. The van der Waals surface area contributed by atoms with Crippen molar-refractivity contribution in [3.05, 3.63) is 40.3 Å². The molecule has 2 N–H and O–H groups in total. The highest BCUT2D eigenvalue weighted by atomic mass is 16.1. The van der Waals surface area contributed by atoms with Crippen LogP contribution in [0.3, 0.4) is 0 Å². The Morgan fingerprint density at radius 2 is 1.91 bits per heavy atom. The fourth-order valence-electron chi connectivity index (χ4n) is 3.39. The maximum atomic E-state index is 12.1. The average Bonchev–Trinajstić information content (AvgIpc) is 2.60. The Bertz CT molecular complexity index is 732. The molecule has 1 saturated carbocycles. The summed E-state index contributed by atoms with van der Waals surface area (Å²) in [6.07, 6.45) is 8.03. The van der Waals surface area contributed by atoms with Crippen LogP contribution in [-0.4, -0.2) is 16.1 Å². The fourth-order valence-corrected chi connectivity index (χ4v) is 3.39. The van der Waals surface area contributed by atoms with Crippen molar-refractivity contribution in [3.8, 4) is 0 Å². The molecule has 0 atom stereocenters. The SMILES string of the molecule is O=C(CCC1CCCCC1)NCc1n[nH]c(=O)c2ccccc12. The molecule has 0 aliphatic heterocycles. The quantitative estimate of drug-likeness (QED) is 0.891. The van der Waals surface area contributed by atoms with Crippen molar-refractivity contribution < 1.29 is 4.79 Å². The molecule has 23 heavy (non-hydrogen) atoms. The lowest BCUT2D eigenvalue weighted by molar-refractivity contribution is -0.121. The van der Waals surface area contributed by atoms with Crippen molar-refractivity contribution in [2.24, 2.45) is 5.92 Å². The zero-order valence-corrected chi connectivity index (χ0v) is 13.3. The summed E-state index contributed by atoms with van der Waals surface area (Å²) in [6, 6.07) is 7.33. The lowest BCUT2D eigenvalue weighted by atomic mass is 9.86. The Kier molecular flexibility index (Phi) is 5.05. The van der Waals surface area contributed by atoms with E-state index in [4.69, 9.17) is 0 Å². The highest BCUT2D eigenvalue weighted by molar-refractivity contribution is 5.84. The van der Waals surface area contributed by atoms with Crippen molar-refractivity contribution in [3.63, 3.8) is 0 Å². The van der Waals surface area contributed by atoms with E-state index in [1.807, 2.05) is 18.2 Å². The Labute approximate surface area is 135 Å². The molecule has 0 saturated heterocycles. The van der Waals surface area contributed by atoms with Gasteiger partial charge in [0.05, 0.1) is 17.6 Å².